The third-order valence-corrected chi connectivity index (χ3v) is 4.67. The number of thiophene rings is 1. The Morgan fingerprint density at radius 3 is 2.57 bits per heavy atom. The van der Waals surface area contributed by atoms with Crippen LogP contribution < -0.4 is 0 Å². The van der Waals surface area contributed by atoms with Gasteiger partial charge in [0.2, 0.25) is 6.41 Å². The zero-order valence-corrected chi connectivity index (χ0v) is 14.2. The summed E-state index contributed by atoms with van der Waals surface area (Å²) in [5.41, 5.74) is 0.976. The minimum Gasteiger partial charge on any atom is -0.508 e. The molecule has 112 valence electrons. The van der Waals surface area contributed by atoms with E-state index in [1.807, 2.05) is 6.07 Å². The lowest BCUT2D eigenvalue weighted by molar-refractivity contribution is -0.119. The Morgan fingerprint density at radius 1 is 1.38 bits per heavy atom. The van der Waals surface area contributed by atoms with Crippen LogP contribution in [-0.2, 0) is 11.3 Å². The number of benzene rings is 1. The van der Waals surface area contributed by atoms with Crippen LogP contribution in [0.2, 0.25) is 0 Å². The van der Waals surface area contributed by atoms with E-state index in [0.717, 1.165) is 24.8 Å². The Balaban J connectivity index is 0.000000194. The molecule has 1 amide bonds. The van der Waals surface area contributed by atoms with E-state index in [9.17, 15) is 9.90 Å². The smallest absolute Gasteiger partial charge is 0.210 e. The van der Waals surface area contributed by atoms with Crippen LogP contribution in [0.15, 0.2) is 40.2 Å². The second-order valence-electron chi connectivity index (χ2n) is 5.03. The molecule has 0 radical (unpaired) electrons. The SMILES string of the molecule is Cc1ccc(Br)s1.O=CN(Cc1cccc(O)c1)C1CC1. The second kappa shape index (κ2) is 7.61. The van der Waals surface area contributed by atoms with Crippen molar-refractivity contribution in [2.75, 3.05) is 0 Å². The van der Waals surface area contributed by atoms with Crippen molar-refractivity contribution in [3.05, 3.63) is 50.6 Å². The molecule has 1 fully saturated rings. The first-order chi connectivity index (χ1) is 10.1. The van der Waals surface area contributed by atoms with Crippen LogP contribution in [0.5, 0.6) is 5.75 Å². The monoisotopic (exact) mass is 367 g/mol. The number of carbonyl (C=O) groups excluding carboxylic acids is 1. The summed E-state index contributed by atoms with van der Waals surface area (Å²) in [6.07, 6.45) is 3.11. The summed E-state index contributed by atoms with van der Waals surface area (Å²) in [7, 11) is 0. The third-order valence-electron chi connectivity index (χ3n) is 3.13. The Morgan fingerprint density at radius 2 is 2.14 bits per heavy atom. The van der Waals surface area contributed by atoms with Gasteiger partial charge in [0, 0.05) is 17.5 Å². The number of rotatable bonds is 4. The molecule has 21 heavy (non-hydrogen) atoms. The van der Waals surface area contributed by atoms with Crippen molar-refractivity contribution in [3.8, 4) is 5.75 Å². The minimum absolute atomic E-state index is 0.254. The van der Waals surface area contributed by atoms with E-state index in [0.29, 0.717) is 12.6 Å². The number of halogens is 1. The molecular weight excluding hydrogens is 350 g/mol. The van der Waals surface area contributed by atoms with Crippen molar-refractivity contribution in [2.24, 2.45) is 0 Å². The lowest BCUT2D eigenvalue weighted by Crippen LogP contribution is -2.23. The van der Waals surface area contributed by atoms with Gasteiger partial charge in [-0.25, -0.2) is 0 Å². The zero-order chi connectivity index (χ0) is 15.2. The molecule has 1 heterocycles. The van der Waals surface area contributed by atoms with Crippen LogP contribution in [0.4, 0.5) is 0 Å². The Bertz CT molecular complexity index is 579. The lowest BCUT2D eigenvalue weighted by atomic mass is 10.2. The summed E-state index contributed by atoms with van der Waals surface area (Å²) in [6, 6.07) is 11.6. The predicted octanol–water partition coefficient (Wildman–Crippen LogP) is 4.33. The van der Waals surface area contributed by atoms with Gasteiger partial charge in [0.15, 0.2) is 0 Å². The fourth-order valence-corrected chi connectivity index (χ4v) is 3.41. The minimum atomic E-state index is 0.254. The standard InChI is InChI=1S/C11H13NO2.C5H5BrS/c13-8-12(10-4-5-10)7-9-2-1-3-11(14)6-9;1-4-2-3-5(6)7-4/h1-3,6,8,10,14H,4-5,7H2;2-3H,1H3. The first-order valence-corrected chi connectivity index (χ1v) is 8.40. The quantitative estimate of drug-likeness (QED) is 0.816. The molecule has 2 aromatic rings. The average Bonchev–Trinajstić information content (AvgIpc) is 3.22. The number of hydrogen-bond donors (Lipinski definition) is 1. The van der Waals surface area contributed by atoms with Gasteiger partial charge in [0.05, 0.1) is 3.79 Å². The van der Waals surface area contributed by atoms with Crippen LogP contribution in [0.1, 0.15) is 23.3 Å². The van der Waals surface area contributed by atoms with E-state index in [-0.39, 0.29) is 5.75 Å². The summed E-state index contributed by atoms with van der Waals surface area (Å²) in [5, 5.41) is 9.25. The topological polar surface area (TPSA) is 40.5 Å². The van der Waals surface area contributed by atoms with Crippen LogP contribution >= 0.6 is 27.3 Å². The highest BCUT2D eigenvalue weighted by Gasteiger charge is 2.27. The maximum atomic E-state index is 10.7. The molecule has 5 heteroatoms. The van der Waals surface area contributed by atoms with Crippen LogP contribution in [-0.4, -0.2) is 22.5 Å². The van der Waals surface area contributed by atoms with Gasteiger partial charge in [0.1, 0.15) is 5.75 Å². The van der Waals surface area contributed by atoms with Gasteiger partial charge in [-0.1, -0.05) is 12.1 Å². The molecule has 0 atom stereocenters. The van der Waals surface area contributed by atoms with E-state index in [4.69, 9.17) is 0 Å². The largest absolute Gasteiger partial charge is 0.508 e. The Labute approximate surface area is 137 Å². The number of aryl methyl sites for hydroxylation is 1. The number of carbonyl (C=O) groups is 1. The van der Waals surface area contributed by atoms with Crippen molar-refractivity contribution in [1.82, 2.24) is 4.90 Å². The number of aromatic hydroxyl groups is 1. The van der Waals surface area contributed by atoms with Crippen LogP contribution in [0, 0.1) is 6.92 Å². The van der Waals surface area contributed by atoms with Crippen molar-refractivity contribution < 1.29 is 9.90 Å². The van der Waals surface area contributed by atoms with Crippen molar-refractivity contribution >= 4 is 33.7 Å². The maximum absolute atomic E-state index is 10.7. The summed E-state index contributed by atoms with van der Waals surface area (Å²) in [6.45, 7) is 2.69. The van der Waals surface area contributed by atoms with Gasteiger partial charge in [-0.2, -0.15) is 0 Å². The molecule has 3 rings (SSSR count). The third kappa shape index (κ3) is 5.52. The van der Waals surface area contributed by atoms with Crippen LogP contribution in [0.3, 0.4) is 0 Å². The van der Waals surface area contributed by atoms with E-state index >= 15 is 0 Å². The van der Waals surface area contributed by atoms with Gasteiger partial charge in [-0.15, -0.1) is 11.3 Å². The van der Waals surface area contributed by atoms with E-state index in [1.165, 1.54) is 8.66 Å². The summed E-state index contributed by atoms with van der Waals surface area (Å²) >= 11 is 5.11. The number of amides is 1. The first kappa shape index (κ1) is 16.0. The maximum Gasteiger partial charge on any atom is 0.210 e. The first-order valence-electron chi connectivity index (χ1n) is 6.79. The molecule has 0 spiro atoms. The number of phenols is 1. The van der Waals surface area contributed by atoms with E-state index in [2.05, 4.69) is 35.0 Å². The molecule has 1 aromatic carbocycles. The van der Waals surface area contributed by atoms with Gasteiger partial charge < -0.3 is 10.0 Å². The second-order valence-corrected chi connectivity index (χ2v) is 7.70. The molecule has 1 saturated carbocycles. The molecule has 0 unspecified atom stereocenters. The van der Waals surface area contributed by atoms with Gasteiger partial charge in [-0.3, -0.25) is 4.79 Å². The Hall–Kier alpha value is -1.33. The van der Waals surface area contributed by atoms with Crippen LogP contribution in [0.25, 0.3) is 0 Å². The van der Waals surface area contributed by atoms with Crippen molar-refractivity contribution in [1.29, 1.82) is 0 Å². The van der Waals surface area contributed by atoms with E-state index in [1.54, 1.807) is 34.4 Å². The van der Waals surface area contributed by atoms with Crippen molar-refractivity contribution in [3.63, 3.8) is 0 Å². The molecule has 0 bridgehead atoms. The molecule has 0 saturated heterocycles. The summed E-state index contributed by atoms with van der Waals surface area (Å²) < 4.78 is 1.21. The fraction of sp³-hybridized carbons (Fsp3) is 0.312. The van der Waals surface area contributed by atoms with Gasteiger partial charge >= 0.3 is 0 Å². The summed E-state index contributed by atoms with van der Waals surface area (Å²) in [5.74, 6) is 0.254. The molecule has 1 aliphatic carbocycles. The highest BCUT2D eigenvalue weighted by atomic mass is 79.9. The normalized spacial score (nSPS) is 13.2. The molecule has 3 nitrogen and oxygen atoms in total. The number of phenolic OH excluding ortho intramolecular Hbond substituents is 1. The lowest BCUT2D eigenvalue weighted by Gasteiger charge is -2.16. The predicted molar refractivity (Wildman–Crippen MR) is 89.5 cm³/mol. The fourth-order valence-electron chi connectivity index (χ4n) is 1.93. The van der Waals surface area contributed by atoms with Gasteiger partial charge in [0.25, 0.3) is 0 Å². The molecule has 1 N–H and O–H groups in total. The molecular formula is C16H18BrNO2S. The molecule has 1 aromatic heterocycles. The van der Waals surface area contributed by atoms with Gasteiger partial charge in [-0.05, 0) is 65.5 Å². The summed E-state index contributed by atoms with van der Waals surface area (Å²) in [4.78, 5) is 13.9. The average molecular weight is 368 g/mol. The number of hydrogen-bond acceptors (Lipinski definition) is 3. The molecule has 1 aliphatic rings. The van der Waals surface area contributed by atoms with E-state index < -0.39 is 0 Å². The Kier molecular flexibility index (Phi) is 5.82. The highest BCUT2D eigenvalue weighted by molar-refractivity contribution is 9.11. The number of nitrogens with zero attached hydrogens (tertiary/aromatic N) is 1. The highest BCUT2D eigenvalue weighted by Crippen LogP contribution is 2.27. The zero-order valence-electron chi connectivity index (χ0n) is 11.8. The molecule has 0 aliphatic heterocycles. The van der Waals surface area contributed by atoms with Crippen molar-refractivity contribution in [2.45, 2.75) is 32.4 Å².